The van der Waals surface area contributed by atoms with Crippen LogP contribution in [0.2, 0.25) is 0 Å². The van der Waals surface area contributed by atoms with E-state index >= 15 is 0 Å². The highest BCUT2D eigenvalue weighted by Crippen LogP contribution is 2.38. The quantitative estimate of drug-likeness (QED) is 0.638. The second-order valence-electron chi connectivity index (χ2n) is 3.38. The smallest absolute Gasteiger partial charge is 0.311 e. The number of benzene rings is 1. The van der Waals surface area contributed by atoms with Crippen LogP contribution in [0.5, 0.6) is 5.75 Å². The minimum absolute atomic E-state index is 0.0973. The van der Waals surface area contributed by atoms with Crippen molar-refractivity contribution >= 4 is 17.6 Å². The molecule has 1 heterocycles. The number of hydrogen-bond donors (Lipinski definition) is 3. The summed E-state index contributed by atoms with van der Waals surface area (Å²) in [5, 5.41) is 21.0. The van der Waals surface area contributed by atoms with Crippen molar-refractivity contribution in [1.29, 1.82) is 0 Å². The first-order valence-electron chi connectivity index (χ1n) is 4.44. The van der Waals surface area contributed by atoms with Crippen LogP contribution in [0.25, 0.3) is 0 Å². The van der Waals surface area contributed by atoms with Gasteiger partial charge in [-0.3, -0.25) is 9.59 Å². The van der Waals surface area contributed by atoms with Crippen molar-refractivity contribution in [3.8, 4) is 5.75 Å². The van der Waals surface area contributed by atoms with Gasteiger partial charge in [-0.1, -0.05) is 6.07 Å². The molecule has 0 fully saturated rings. The van der Waals surface area contributed by atoms with E-state index in [9.17, 15) is 14.7 Å². The highest BCUT2D eigenvalue weighted by Gasteiger charge is 2.32. The summed E-state index contributed by atoms with van der Waals surface area (Å²) >= 11 is 0. The number of phenols is 1. The van der Waals surface area contributed by atoms with Crippen LogP contribution in [0.3, 0.4) is 0 Å². The zero-order chi connectivity index (χ0) is 11.0. The van der Waals surface area contributed by atoms with Gasteiger partial charge in [0.25, 0.3) is 0 Å². The van der Waals surface area contributed by atoms with Gasteiger partial charge < -0.3 is 15.5 Å². The van der Waals surface area contributed by atoms with Crippen molar-refractivity contribution < 1.29 is 19.8 Å². The molecule has 5 heteroatoms. The van der Waals surface area contributed by atoms with E-state index in [4.69, 9.17) is 5.11 Å². The van der Waals surface area contributed by atoms with Gasteiger partial charge in [0.1, 0.15) is 5.75 Å². The van der Waals surface area contributed by atoms with Gasteiger partial charge in [-0.15, -0.1) is 0 Å². The van der Waals surface area contributed by atoms with E-state index < -0.39 is 11.9 Å². The van der Waals surface area contributed by atoms with Gasteiger partial charge >= 0.3 is 5.97 Å². The number of anilines is 1. The molecule has 0 saturated heterocycles. The Labute approximate surface area is 85.3 Å². The maximum absolute atomic E-state index is 11.2. The molecule has 1 aromatic rings. The molecule has 1 atom stereocenters. The molecule has 2 rings (SSSR count). The molecule has 1 aliphatic rings. The summed E-state index contributed by atoms with van der Waals surface area (Å²) in [5.74, 6) is -2.51. The Hall–Kier alpha value is -2.04. The van der Waals surface area contributed by atoms with Crippen molar-refractivity contribution in [2.24, 2.45) is 0 Å². The Morgan fingerprint density at radius 3 is 2.87 bits per heavy atom. The zero-order valence-corrected chi connectivity index (χ0v) is 7.73. The van der Waals surface area contributed by atoms with Crippen LogP contribution in [0.15, 0.2) is 18.2 Å². The molecule has 78 valence electrons. The molecule has 5 nitrogen and oxygen atoms in total. The zero-order valence-electron chi connectivity index (χ0n) is 7.73. The van der Waals surface area contributed by atoms with Crippen molar-refractivity contribution in [3.05, 3.63) is 23.8 Å². The first-order chi connectivity index (χ1) is 7.09. The van der Waals surface area contributed by atoms with Gasteiger partial charge in [0.2, 0.25) is 5.91 Å². The molecule has 0 saturated carbocycles. The molecule has 0 aromatic heterocycles. The molecular weight excluding hydrogens is 198 g/mol. The molecule has 0 bridgehead atoms. The number of hydrogen-bond acceptors (Lipinski definition) is 3. The van der Waals surface area contributed by atoms with Crippen LogP contribution >= 0.6 is 0 Å². The maximum atomic E-state index is 11.2. The van der Waals surface area contributed by atoms with Gasteiger partial charge in [-0.2, -0.15) is 0 Å². The molecule has 1 amide bonds. The average Bonchev–Trinajstić information content (AvgIpc) is 2.16. The Morgan fingerprint density at radius 2 is 2.20 bits per heavy atom. The molecule has 1 aliphatic heterocycles. The number of amides is 1. The van der Waals surface area contributed by atoms with Crippen LogP contribution < -0.4 is 5.32 Å². The second kappa shape index (κ2) is 3.27. The third kappa shape index (κ3) is 1.52. The summed E-state index contributed by atoms with van der Waals surface area (Å²) in [6.45, 7) is 0. The Bertz CT molecular complexity index is 441. The monoisotopic (exact) mass is 207 g/mol. The largest absolute Gasteiger partial charge is 0.508 e. The standard InChI is InChI=1S/C10H9NO4/c12-7-3-1-2-6-9(7)5(10(14)15)4-8(13)11-6/h1-3,5,12H,4H2,(H,11,13)(H,14,15). The third-order valence-corrected chi connectivity index (χ3v) is 2.39. The SMILES string of the molecule is O=C1CC(C(=O)O)c2c(O)cccc2N1. The van der Waals surface area contributed by atoms with E-state index in [0.717, 1.165) is 0 Å². The molecular formula is C10H9NO4. The lowest BCUT2D eigenvalue weighted by atomic mass is 9.90. The van der Waals surface area contributed by atoms with Crippen molar-refractivity contribution in [2.75, 3.05) is 5.32 Å². The van der Waals surface area contributed by atoms with Crippen molar-refractivity contribution in [3.63, 3.8) is 0 Å². The van der Waals surface area contributed by atoms with Crippen molar-refractivity contribution in [2.45, 2.75) is 12.3 Å². The lowest BCUT2D eigenvalue weighted by Gasteiger charge is -2.23. The fraction of sp³-hybridized carbons (Fsp3) is 0.200. The third-order valence-electron chi connectivity index (χ3n) is 2.39. The van der Waals surface area contributed by atoms with Gasteiger partial charge in [0.15, 0.2) is 0 Å². The Morgan fingerprint density at radius 1 is 1.47 bits per heavy atom. The molecule has 0 aliphatic carbocycles. The number of carboxylic acids is 1. The number of aliphatic carboxylic acids is 1. The summed E-state index contributed by atoms with van der Waals surface area (Å²) in [6.07, 6.45) is -0.139. The molecule has 0 spiro atoms. The molecule has 15 heavy (non-hydrogen) atoms. The number of nitrogens with one attached hydrogen (secondary N) is 1. The number of carbonyl (C=O) groups excluding carboxylic acids is 1. The first kappa shape index (κ1) is 9.51. The lowest BCUT2D eigenvalue weighted by molar-refractivity contribution is -0.140. The van der Waals surface area contributed by atoms with E-state index in [-0.39, 0.29) is 23.6 Å². The number of carbonyl (C=O) groups is 2. The molecule has 1 aromatic carbocycles. The van der Waals surface area contributed by atoms with Gasteiger partial charge in [-0.05, 0) is 12.1 Å². The van der Waals surface area contributed by atoms with Crippen LogP contribution in [-0.2, 0) is 9.59 Å². The minimum atomic E-state index is -1.10. The van der Waals surface area contributed by atoms with Gasteiger partial charge in [0.05, 0.1) is 5.92 Å². The fourth-order valence-electron chi connectivity index (χ4n) is 1.73. The van der Waals surface area contributed by atoms with Crippen LogP contribution in [0.4, 0.5) is 5.69 Å². The number of phenolic OH excluding ortho intramolecular Hbond substituents is 1. The molecule has 3 N–H and O–H groups in total. The second-order valence-corrected chi connectivity index (χ2v) is 3.38. The molecule has 0 radical (unpaired) electrons. The predicted octanol–water partition coefficient (Wildman–Crippen LogP) is 0.903. The minimum Gasteiger partial charge on any atom is -0.508 e. The Balaban J connectivity index is 2.57. The summed E-state index contributed by atoms with van der Waals surface area (Å²) in [7, 11) is 0. The van der Waals surface area contributed by atoms with Crippen LogP contribution in [-0.4, -0.2) is 22.1 Å². The van der Waals surface area contributed by atoms with Crippen molar-refractivity contribution in [1.82, 2.24) is 0 Å². The highest BCUT2D eigenvalue weighted by atomic mass is 16.4. The average molecular weight is 207 g/mol. The number of fused-ring (bicyclic) bond motifs is 1. The van der Waals surface area contributed by atoms with Gasteiger partial charge in [-0.25, -0.2) is 0 Å². The lowest BCUT2D eigenvalue weighted by Crippen LogP contribution is -2.27. The van der Waals surface area contributed by atoms with E-state index in [1.807, 2.05) is 0 Å². The number of carboxylic acid groups (broad SMARTS) is 1. The number of aromatic hydroxyl groups is 1. The first-order valence-corrected chi connectivity index (χ1v) is 4.44. The predicted molar refractivity (Wildman–Crippen MR) is 51.7 cm³/mol. The van der Waals surface area contributed by atoms with E-state index in [1.165, 1.54) is 6.07 Å². The summed E-state index contributed by atoms with van der Waals surface area (Å²) in [6, 6.07) is 4.53. The van der Waals surface area contributed by atoms with Crippen LogP contribution in [0.1, 0.15) is 17.9 Å². The van der Waals surface area contributed by atoms with Crippen LogP contribution in [0, 0.1) is 0 Å². The van der Waals surface area contributed by atoms with E-state index in [2.05, 4.69) is 5.32 Å². The van der Waals surface area contributed by atoms with E-state index in [0.29, 0.717) is 5.69 Å². The Kier molecular flexibility index (Phi) is 2.07. The highest BCUT2D eigenvalue weighted by molar-refractivity contribution is 6.00. The summed E-state index contributed by atoms with van der Waals surface area (Å²) in [5.41, 5.74) is 0.656. The number of rotatable bonds is 1. The van der Waals surface area contributed by atoms with Gasteiger partial charge in [0, 0.05) is 17.7 Å². The maximum Gasteiger partial charge on any atom is 0.311 e. The summed E-state index contributed by atoms with van der Waals surface area (Å²) in [4.78, 5) is 22.1. The fourth-order valence-corrected chi connectivity index (χ4v) is 1.73. The van der Waals surface area contributed by atoms with E-state index in [1.54, 1.807) is 12.1 Å². The summed E-state index contributed by atoms with van der Waals surface area (Å²) < 4.78 is 0. The normalized spacial score (nSPS) is 19.2. The molecule has 1 unspecified atom stereocenters. The topological polar surface area (TPSA) is 86.6 Å².